The first-order valence-electron chi connectivity index (χ1n) is 6.33. The van der Waals surface area contributed by atoms with Gasteiger partial charge in [0.15, 0.2) is 0 Å². The Morgan fingerprint density at radius 3 is 2.57 bits per heavy atom. The summed E-state index contributed by atoms with van der Waals surface area (Å²) in [6.45, 7) is 0. The number of nitriles is 1. The van der Waals surface area contributed by atoms with E-state index >= 15 is 0 Å². The number of fused-ring (bicyclic) bond motifs is 1. The number of rotatable bonds is 2. The van der Waals surface area contributed by atoms with Crippen LogP contribution in [0.1, 0.15) is 5.56 Å². The molecule has 1 heterocycles. The number of benzene rings is 2. The minimum absolute atomic E-state index is 0.105. The van der Waals surface area contributed by atoms with Gasteiger partial charge in [-0.1, -0.05) is 18.2 Å². The fourth-order valence-electron chi connectivity index (χ4n) is 2.23. The van der Waals surface area contributed by atoms with E-state index in [1.807, 2.05) is 41.8 Å². The molecule has 0 saturated heterocycles. The van der Waals surface area contributed by atoms with E-state index in [0.717, 1.165) is 27.9 Å². The molecule has 0 aromatic heterocycles. The van der Waals surface area contributed by atoms with Crippen LogP contribution in [0.4, 0.5) is 11.4 Å². The summed E-state index contributed by atoms with van der Waals surface area (Å²) in [6.07, 6.45) is 0. The van der Waals surface area contributed by atoms with Gasteiger partial charge in [0.25, 0.3) is 5.91 Å². The third kappa shape index (κ3) is 2.41. The highest BCUT2D eigenvalue weighted by Gasteiger charge is 2.30. The number of carbonyl (C=O) groups excluding carboxylic acids is 1. The molecule has 1 aliphatic heterocycles. The van der Waals surface area contributed by atoms with Crippen molar-refractivity contribution in [3.05, 3.63) is 54.1 Å². The van der Waals surface area contributed by atoms with Crippen LogP contribution in [0.15, 0.2) is 58.4 Å². The predicted molar refractivity (Wildman–Crippen MR) is 84.0 cm³/mol. The number of hydrogen-bond acceptors (Lipinski definition) is 4. The van der Waals surface area contributed by atoms with Gasteiger partial charge in [-0.05, 0) is 42.1 Å². The van der Waals surface area contributed by atoms with Gasteiger partial charge in [-0.15, -0.1) is 0 Å². The van der Waals surface area contributed by atoms with E-state index in [4.69, 9.17) is 5.26 Å². The van der Waals surface area contributed by atoms with E-state index in [1.54, 1.807) is 24.1 Å². The number of thiocyanates is 1. The van der Waals surface area contributed by atoms with Crippen molar-refractivity contribution >= 4 is 34.8 Å². The molecule has 0 aliphatic carbocycles. The van der Waals surface area contributed by atoms with Crippen LogP contribution in [0.25, 0.3) is 0 Å². The topological polar surface area (TPSA) is 56.5 Å². The SMILES string of the molecule is CN1C(=O)C(=Nc2ccc(SC#N)cc2)c2ccccc21. The molecule has 3 rings (SSSR count). The Morgan fingerprint density at radius 1 is 1.14 bits per heavy atom. The highest BCUT2D eigenvalue weighted by atomic mass is 32.2. The summed E-state index contributed by atoms with van der Waals surface area (Å²) in [7, 11) is 1.75. The Labute approximate surface area is 126 Å². The van der Waals surface area contributed by atoms with Crippen molar-refractivity contribution in [2.75, 3.05) is 11.9 Å². The third-order valence-corrected chi connectivity index (χ3v) is 3.87. The molecule has 0 fully saturated rings. The first-order chi connectivity index (χ1) is 10.2. The van der Waals surface area contributed by atoms with Gasteiger partial charge < -0.3 is 4.90 Å². The van der Waals surface area contributed by atoms with Crippen LogP contribution in [0, 0.1) is 10.7 Å². The lowest BCUT2D eigenvalue weighted by Crippen LogP contribution is -2.25. The smallest absolute Gasteiger partial charge is 0.277 e. The minimum Gasteiger partial charge on any atom is -0.309 e. The van der Waals surface area contributed by atoms with Crippen molar-refractivity contribution in [1.82, 2.24) is 0 Å². The number of anilines is 1. The number of carbonyl (C=O) groups is 1. The maximum absolute atomic E-state index is 12.3. The van der Waals surface area contributed by atoms with Gasteiger partial charge >= 0.3 is 0 Å². The number of thioether (sulfide) groups is 1. The van der Waals surface area contributed by atoms with Crippen LogP contribution in [-0.2, 0) is 4.79 Å². The van der Waals surface area contributed by atoms with Gasteiger partial charge in [0, 0.05) is 17.5 Å². The van der Waals surface area contributed by atoms with Crippen LogP contribution < -0.4 is 4.90 Å². The van der Waals surface area contributed by atoms with Crippen LogP contribution >= 0.6 is 11.8 Å². The zero-order valence-corrected chi connectivity index (χ0v) is 12.1. The van der Waals surface area contributed by atoms with E-state index in [-0.39, 0.29) is 5.91 Å². The number of para-hydroxylation sites is 1. The molecule has 5 heteroatoms. The number of nitrogens with zero attached hydrogens (tertiary/aromatic N) is 3. The molecular weight excluding hydrogens is 282 g/mol. The molecule has 2 aromatic carbocycles. The molecule has 0 saturated carbocycles. The standard InChI is InChI=1S/C16H11N3OS/c1-19-14-5-3-2-4-13(14)15(16(19)20)18-11-6-8-12(9-7-11)21-10-17/h2-9H,1H3. The van der Waals surface area contributed by atoms with Gasteiger partial charge in [0.05, 0.1) is 11.4 Å². The van der Waals surface area contributed by atoms with Crippen LogP contribution in [-0.4, -0.2) is 18.7 Å². The third-order valence-electron chi connectivity index (χ3n) is 3.27. The van der Waals surface area contributed by atoms with Gasteiger partial charge in [-0.2, -0.15) is 5.26 Å². The zero-order chi connectivity index (χ0) is 14.8. The van der Waals surface area contributed by atoms with Gasteiger partial charge in [0.1, 0.15) is 11.1 Å². The predicted octanol–water partition coefficient (Wildman–Crippen LogP) is 3.36. The molecule has 0 unspecified atom stereocenters. The van der Waals surface area contributed by atoms with Crippen molar-refractivity contribution in [3.63, 3.8) is 0 Å². The van der Waals surface area contributed by atoms with Gasteiger partial charge in [0.2, 0.25) is 0 Å². The lowest BCUT2D eigenvalue weighted by atomic mass is 10.1. The number of likely N-dealkylation sites (N-methyl/N-ethyl adjacent to an activating group) is 1. The van der Waals surface area contributed by atoms with E-state index in [9.17, 15) is 4.79 Å². The second kappa shape index (κ2) is 5.43. The quantitative estimate of drug-likeness (QED) is 0.630. The first-order valence-corrected chi connectivity index (χ1v) is 7.14. The minimum atomic E-state index is -0.105. The Balaban J connectivity index is 2.00. The Morgan fingerprint density at radius 2 is 1.86 bits per heavy atom. The fraction of sp³-hybridized carbons (Fsp3) is 0.0625. The molecule has 1 amide bonds. The first kappa shape index (κ1) is 13.4. The molecule has 0 radical (unpaired) electrons. The number of amides is 1. The van der Waals surface area contributed by atoms with Crippen LogP contribution in [0.3, 0.4) is 0 Å². The van der Waals surface area contributed by atoms with Crippen LogP contribution in [0.2, 0.25) is 0 Å². The van der Waals surface area contributed by atoms with E-state index in [2.05, 4.69) is 4.99 Å². The molecule has 0 N–H and O–H groups in total. The highest BCUT2D eigenvalue weighted by Crippen LogP contribution is 2.29. The lowest BCUT2D eigenvalue weighted by molar-refractivity contribution is -0.111. The molecule has 2 aromatic rings. The lowest BCUT2D eigenvalue weighted by Gasteiger charge is -2.07. The number of hydrogen-bond donors (Lipinski definition) is 0. The monoisotopic (exact) mass is 293 g/mol. The van der Waals surface area contributed by atoms with Crippen molar-refractivity contribution in [2.45, 2.75) is 4.90 Å². The summed E-state index contributed by atoms with van der Waals surface area (Å²) in [6, 6.07) is 14.9. The molecular formula is C16H11N3OS. The average Bonchev–Trinajstić information content (AvgIpc) is 2.75. The van der Waals surface area contributed by atoms with Gasteiger partial charge in [-0.25, -0.2) is 4.99 Å². The molecule has 0 atom stereocenters. The summed E-state index contributed by atoms with van der Waals surface area (Å²) in [4.78, 5) is 19.2. The molecule has 21 heavy (non-hydrogen) atoms. The summed E-state index contributed by atoms with van der Waals surface area (Å²) in [5.74, 6) is -0.105. The largest absolute Gasteiger partial charge is 0.309 e. The Hall–Kier alpha value is -2.58. The fourth-order valence-corrected chi connectivity index (χ4v) is 2.61. The summed E-state index contributed by atoms with van der Waals surface area (Å²) in [5, 5.41) is 10.6. The summed E-state index contributed by atoms with van der Waals surface area (Å²) in [5.41, 5.74) is 2.87. The van der Waals surface area contributed by atoms with Crippen molar-refractivity contribution in [1.29, 1.82) is 5.26 Å². The van der Waals surface area contributed by atoms with Crippen molar-refractivity contribution < 1.29 is 4.79 Å². The molecule has 4 nitrogen and oxygen atoms in total. The Kier molecular flexibility index (Phi) is 3.46. The Bertz CT molecular complexity index is 775. The van der Waals surface area contributed by atoms with E-state index in [0.29, 0.717) is 11.4 Å². The maximum Gasteiger partial charge on any atom is 0.277 e. The molecule has 102 valence electrons. The molecule has 1 aliphatic rings. The van der Waals surface area contributed by atoms with E-state index in [1.165, 1.54) is 0 Å². The van der Waals surface area contributed by atoms with Gasteiger partial charge in [-0.3, -0.25) is 4.79 Å². The molecule has 0 bridgehead atoms. The van der Waals surface area contributed by atoms with Crippen molar-refractivity contribution in [3.8, 4) is 5.40 Å². The average molecular weight is 293 g/mol. The number of aliphatic imine (C=N–C) groups is 1. The zero-order valence-electron chi connectivity index (χ0n) is 11.3. The molecule has 0 spiro atoms. The highest BCUT2D eigenvalue weighted by molar-refractivity contribution is 8.03. The van der Waals surface area contributed by atoms with Crippen LogP contribution in [0.5, 0.6) is 0 Å². The maximum atomic E-state index is 12.3. The summed E-state index contributed by atoms with van der Waals surface area (Å²) < 4.78 is 0. The normalized spacial score (nSPS) is 15.1. The van der Waals surface area contributed by atoms with E-state index < -0.39 is 0 Å². The van der Waals surface area contributed by atoms with Crippen molar-refractivity contribution in [2.24, 2.45) is 4.99 Å². The second-order valence-electron chi connectivity index (χ2n) is 4.53. The second-order valence-corrected chi connectivity index (χ2v) is 5.39. The summed E-state index contributed by atoms with van der Waals surface area (Å²) >= 11 is 1.10.